The molecule has 2 amide bonds. The molecular formula is C10H11NO6. The second-order valence-corrected chi connectivity index (χ2v) is 4.01. The molecule has 7 heteroatoms. The highest BCUT2D eigenvalue weighted by atomic mass is 16.5. The van der Waals surface area contributed by atoms with Crippen LogP contribution in [0.1, 0.15) is 12.8 Å². The molecule has 2 aliphatic rings. The van der Waals surface area contributed by atoms with Crippen molar-refractivity contribution in [3.05, 3.63) is 0 Å². The molecule has 2 rings (SSSR count). The van der Waals surface area contributed by atoms with Gasteiger partial charge >= 0.3 is 11.9 Å². The van der Waals surface area contributed by atoms with Gasteiger partial charge in [-0.3, -0.25) is 24.5 Å². The molecule has 92 valence electrons. The lowest BCUT2D eigenvalue weighted by molar-refractivity contribution is -0.170. The Morgan fingerprint density at radius 1 is 1.47 bits per heavy atom. The fourth-order valence-electron chi connectivity index (χ4n) is 2.29. The van der Waals surface area contributed by atoms with Crippen molar-refractivity contribution in [3.8, 4) is 0 Å². The summed E-state index contributed by atoms with van der Waals surface area (Å²) >= 11 is 0. The summed E-state index contributed by atoms with van der Waals surface area (Å²) in [7, 11) is 1.15. The molecule has 1 spiro atoms. The average Bonchev–Trinajstić information content (AvgIpc) is 2.66. The van der Waals surface area contributed by atoms with Crippen LogP contribution in [0.3, 0.4) is 0 Å². The molecule has 0 aromatic rings. The largest absolute Gasteiger partial charge is 0.469 e. The van der Waals surface area contributed by atoms with Crippen molar-refractivity contribution in [2.24, 2.45) is 11.3 Å². The SMILES string of the molecule is COC(=O)[C@H]1CC(=O)NC(=O)[C@]12CCOC2=O. The second-order valence-electron chi connectivity index (χ2n) is 4.01. The molecule has 0 radical (unpaired) electrons. The van der Waals surface area contributed by atoms with E-state index in [2.05, 4.69) is 10.1 Å². The van der Waals surface area contributed by atoms with Crippen molar-refractivity contribution in [1.82, 2.24) is 5.32 Å². The molecule has 0 saturated carbocycles. The van der Waals surface area contributed by atoms with E-state index in [0.29, 0.717) is 0 Å². The van der Waals surface area contributed by atoms with Crippen LogP contribution >= 0.6 is 0 Å². The van der Waals surface area contributed by atoms with E-state index in [1.165, 1.54) is 0 Å². The van der Waals surface area contributed by atoms with Crippen LogP contribution in [0.25, 0.3) is 0 Å². The Bertz CT molecular complexity index is 417. The van der Waals surface area contributed by atoms with Gasteiger partial charge in [0.2, 0.25) is 11.8 Å². The fraction of sp³-hybridized carbons (Fsp3) is 0.600. The number of piperidine rings is 1. The molecule has 2 saturated heterocycles. The fourth-order valence-corrected chi connectivity index (χ4v) is 2.29. The Balaban J connectivity index is 2.43. The molecule has 17 heavy (non-hydrogen) atoms. The Morgan fingerprint density at radius 3 is 2.71 bits per heavy atom. The first kappa shape index (κ1) is 11.6. The minimum atomic E-state index is -1.60. The number of hydrogen-bond acceptors (Lipinski definition) is 6. The Hall–Kier alpha value is -1.92. The first-order valence-corrected chi connectivity index (χ1v) is 5.11. The lowest BCUT2D eigenvalue weighted by Gasteiger charge is -2.33. The summed E-state index contributed by atoms with van der Waals surface area (Å²) in [5.74, 6) is -3.96. The van der Waals surface area contributed by atoms with E-state index in [-0.39, 0.29) is 19.4 Å². The Morgan fingerprint density at radius 2 is 2.18 bits per heavy atom. The van der Waals surface area contributed by atoms with Crippen LogP contribution in [0.15, 0.2) is 0 Å². The molecule has 2 heterocycles. The molecular weight excluding hydrogens is 230 g/mol. The topological polar surface area (TPSA) is 98.8 Å². The molecule has 7 nitrogen and oxygen atoms in total. The van der Waals surface area contributed by atoms with Crippen molar-refractivity contribution in [3.63, 3.8) is 0 Å². The maximum absolute atomic E-state index is 11.8. The number of esters is 2. The lowest BCUT2D eigenvalue weighted by Crippen LogP contribution is -2.58. The number of ether oxygens (including phenoxy) is 2. The first-order chi connectivity index (χ1) is 8.02. The maximum atomic E-state index is 11.8. The Labute approximate surface area is 96.4 Å². The van der Waals surface area contributed by atoms with Gasteiger partial charge in [0.25, 0.3) is 0 Å². The first-order valence-electron chi connectivity index (χ1n) is 5.11. The molecule has 2 aliphatic heterocycles. The molecule has 0 unspecified atom stereocenters. The van der Waals surface area contributed by atoms with Crippen LogP contribution in [0.2, 0.25) is 0 Å². The molecule has 2 fully saturated rings. The third-order valence-corrected chi connectivity index (χ3v) is 3.22. The number of imide groups is 1. The molecule has 1 N–H and O–H groups in total. The third kappa shape index (κ3) is 1.49. The second kappa shape index (κ2) is 3.83. The molecule has 0 aromatic heterocycles. The van der Waals surface area contributed by atoms with Gasteiger partial charge in [-0.05, 0) is 0 Å². The van der Waals surface area contributed by atoms with E-state index in [4.69, 9.17) is 4.74 Å². The van der Waals surface area contributed by atoms with E-state index in [9.17, 15) is 19.2 Å². The summed E-state index contributed by atoms with van der Waals surface area (Å²) < 4.78 is 9.30. The highest BCUT2D eigenvalue weighted by Gasteiger charge is 2.62. The number of hydrogen-bond donors (Lipinski definition) is 1. The minimum absolute atomic E-state index is 0.0634. The van der Waals surface area contributed by atoms with Crippen LogP contribution in [-0.4, -0.2) is 37.5 Å². The smallest absolute Gasteiger partial charge is 0.322 e. The quantitative estimate of drug-likeness (QED) is 0.350. The molecule has 0 aromatic carbocycles. The van der Waals surface area contributed by atoms with Gasteiger partial charge < -0.3 is 9.47 Å². The van der Waals surface area contributed by atoms with Gasteiger partial charge in [0.05, 0.1) is 19.6 Å². The normalized spacial score (nSPS) is 32.3. The van der Waals surface area contributed by atoms with Crippen molar-refractivity contribution in [1.29, 1.82) is 0 Å². The maximum Gasteiger partial charge on any atom is 0.322 e. The lowest BCUT2D eigenvalue weighted by atomic mass is 9.69. The Kier molecular flexibility index (Phi) is 2.60. The summed E-state index contributed by atoms with van der Waals surface area (Å²) in [4.78, 5) is 46.4. The van der Waals surface area contributed by atoms with Crippen molar-refractivity contribution in [2.75, 3.05) is 13.7 Å². The van der Waals surface area contributed by atoms with Crippen molar-refractivity contribution in [2.45, 2.75) is 12.8 Å². The summed E-state index contributed by atoms with van der Waals surface area (Å²) in [6.07, 6.45) is -0.155. The van der Waals surface area contributed by atoms with Crippen LogP contribution in [0, 0.1) is 11.3 Å². The van der Waals surface area contributed by atoms with Crippen molar-refractivity contribution < 1.29 is 28.7 Å². The van der Waals surface area contributed by atoms with Gasteiger partial charge in [-0.1, -0.05) is 0 Å². The van der Waals surface area contributed by atoms with Crippen LogP contribution in [0.5, 0.6) is 0 Å². The highest BCUT2D eigenvalue weighted by Crippen LogP contribution is 2.42. The number of amides is 2. The summed E-state index contributed by atoms with van der Waals surface area (Å²) in [5.41, 5.74) is -1.60. The van der Waals surface area contributed by atoms with Gasteiger partial charge in [0, 0.05) is 12.8 Å². The standard InChI is InChI=1S/C10H11NO6/c1-16-7(13)5-4-6(12)11-8(14)10(5)2-3-17-9(10)15/h5H,2-4H2,1H3,(H,11,12,14)/t5-,10+/m1/s1. The highest BCUT2D eigenvalue weighted by molar-refractivity contribution is 6.15. The molecule has 0 aliphatic carbocycles. The van der Waals surface area contributed by atoms with E-state index in [1.807, 2.05) is 0 Å². The van der Waals surface area contributed by atoms with E-state index in [1.54, 1.807) is 0 Å². The zero-order valence-electron chi connectivity index (χ0n) is 9.15. The number of carbonyl (C=O) groups is 4. The average molecular weight is 241 g/mol. The number of cyclic esters (lactones) is 1. The summed E-state index contributed by atoms with van der Waals surface area (Å²) in [6, 6.07) is 0. The van der Waals surface area contributed by atoms with Gasteiger partial charge in [0.15, 0.2) is 5.41 Å². The van der Waals surface area contributed by atoms with E-state index < -0.39 is 35.1 Å². The van der Waals surface area contributed by atoms with E-state index >= 15 is 0 Å². The molecule has 0 bridgehead atoms. The minimum Gasteiger partial charge on any atom is -0.469 e. The zero-order chi connectivity index (χ0) is 12.6. The monoisotopic (exact) mass is 241 g/mol. The number of rotatable bonds is 1. The van der Waals surface area contributed by atoms with Crippen molar-refractivity contribution >= 4 is 23.8 Å². The van der Waals surface area contributed by atoms with Crippen LogP contribution in [-0.2, 0) is 28.7 Å². The van der Waals surface area contributed by atoms with Crippen LogP contribution in [0.4, 0.5) is 0 Å². The summed E-state index contributed by atoms with van der Waals surface area (Å²) in [5, 5.41) is 2.06. The van der Waals surface area contributed by atoms with Crippen LogP contribution < -0.4 is 5.32 Å². The number of carbonyl (C=O) groups excluding carboxylic acids is 4. The van der Waals surface area contributed by atoms with Gasteiger partial charge in [-0.25, -0.2) is 0 Å². The zero-order valence-corrected chi connectivity index (χ0v) is 9.15. The molecule has 2 atom stereocenters. The predicted octanol–water partition coefficient (Wildman–Crippen LogP) is -1.24. The van der Waals surface area contributed by atoms with Gasteiger partial charge in [-0.15, -0.1) is 0 Å². The number of methoxy groups -OCH3 is 1. The number of nitrogens with one attached hydrogen (secondary N) is 1. The van der Waals surface area contributed by atoms with E-state index in [0.717, 1.165) is 7.11 Å². The van der Waals surface area contributed by atoms with Gasteiger partial charge in [-0.2, -0.15) is 0 Å². The summed E-state index contributed by atoms with van der Waals surface area (Å²) in [6.45, 7) is 0.0634. The predicted molar refractivity (Wildman–Crippen MR) is 51.3 cm³/mol. The van der Waals surface area contributed by atoms with Gasteiger partial charge in [0.1, 0.15) is 0 Å². The third-order valence-electron chi connectivity index (χ3n) is 3.22.